The second-order valence-corrected chi connectivity index (χ2v) is 7.94. The van der Waals surface area contributed by atoms with Crippen LogP contribution in [0.1, 0.15) is 33.3 Å². The number of hydrogen-bond donors (Lipinski definition) is 0. The predicted molar refractivity (Wildman–Crippen MR) is 125 cm³/mol. The molecule has 0 saturated carbocycles. The topological polar surface area (TPSA) is 69.0 Å². The van der Waals surface area contributed by atoms with Crippen LogP contribution in [0.15, 0.2) is 82.0 Å². The van der Waals surface area contributed by atoms with Gasteiger partial charge in [-0.1, -0.05) is 36.4 Å². The van der Waals surface area contributed by atoms with Crippen LogP contribution in [0.25, 0.3) is 11.0 Å². The second-order valence-electron chi connectivity index (χ2n) is 7.94. The monoisotopic (exact) mass is 441 g/mol. The van der Waals surface area contributed by atoms with Crippen LogP contribution < -0.4 is 14.9 Å². The number of carbonyl (C=O) groups is 1. The van der Waals surface area contributed by atoms with Gasteiger partial charge in [0, 0.05) is 6.54 Å². The van der Waals surface area contributed by atoms with Gasteiger partial charge in [-0.3, -0.25) is 9.59 Å². The van der Waals surface area contributed by atoms with Gasteiger partial charge < -0.3 is 18.8 Å². The number of rotatable bonds is 6. The quantitative estimate of drug-likeness (QED) is 0.438. The summed E-state index contributed by atoms with van der Waals surface area (Å²) in [5.41, 5.74) is 2.53. The molecular formula is C27H23NO5. The van der Waals surface area contributed by atoms with Crippen molar-refractivity contribution in [3.8, 4) is 11.5 Å². The molecule has 4 aromatic rings. The van der Waals surface area contributed by atoms with Gasteiger partial charge in [0.2, 0.25) is 5.76 Å². The van der Waals surface area contributed by atoms with Gasteiger partial charge in [0.15, 0.2) is 5.43 Å². The summed E-state index contributed by atoms with van der Waals surface area (Å²) in [6.45, 7) is 0.432. The molecule has 5 rings (SSSR count). The smallest absolute Gasteiger partial charge is 0.290 e. The van der Waals surface area contributed by atoms with E-state index < -0.39 is 6.04 Å². The van der Waals surface area contributed by atoms with Crippen LogP contribution in [-0.4, -0.2) is 31.6 Å². The Morgan fingerprint density at radius 3 is 2.15 bits per heavy atom. The lowest BCUT2D eigenvalue weighted by Crippen LogP contribution is -2.31. The van der Waals surface area contributed by atoms with E-state index in [1.807, 2.05) is 48.5 Å². The zero-order valence-corrected chi connectivity index (χ0v) is 18.4. The Hall–Kier alpha value is -4.06. The van der Waals surface area contributed by atoms with Crippen molar-refractivity contribution in [2.45, 2.75) is 12.5 Å². The van der Waals surface area contributed by atoms with Crippen LogP contribution in [0, 0.1) is 0 Å². The molecule has 1 aliphatic heterocycles. The van der Waals surface area contributed by atoms with E-state index in [2.05, 4.69) is 0 Å². The minimum absolute atomic E-state index is 0.120. The lowest BCUT2D eigenvalue weighted by molar-refractivity contribution is 0.0730. The summed E-state index contributed by atoms with van der Waals surface area (Å²) < 4.78 is 16.5. The van der Waals surface area contributed by atoms with Crippen molar-refractivity contribution in [2.24, 2.45) is 0 Å². The van der Waals surface area contributed by atoms with E-state index in [4.69, 9.17) is 13.9 Å². The van der Waals surface area contributed by atoms with E-state index in [0.717, 1.165) is 16.9 Å². The van der Waals surface area contributed by atoms with Crippen molar-refractivity contribution in [3.05, 3.63) is 105 Å². The lowest BCUT2D eigenvalue weighted by Gasteiger charge is -2.25. The van der Waals surface area contributed by atoms with Crippen molar-refractivity contribution >= 4 is 16.9 Å². The molecule has 1 aromatic heterocycles. The fraction of sp³-hybridized carbons (Fsp3) is 0.185. The zero-order chi connectivity index (χ0) is 22.9. The van der Waals surface area contributed by atoms with Crippen molar-refractivity contribution in [1.29, 1.82) is 0 Å². The molecule has 3 aromatic carbocycles. The summed E-state index contributed by atoms with van der Waals surface area (Å²) in [6, 6.07) is 21.7. The Bertz CT molecular complexity index is 1370. The van der Waals surface area contributed by atoms with Crippen LogP contribution in [0.5, 0.6) is 11.5 Å². The lowest BCUT2D eigenvalue weighted by atomic mass is 9.98. The Kier molecular flexibility index (Phi) is 5.34. The van der Waals surface area contributed by atoms with Gasteiger partial charge in [0.1, 0.15) is 17.1 Å². The molecule has 0 unspecified atom stereocenters. The average molecular weight is 441 g/mol. The number of methoxy groups -OCH3 is 2. The molecule has 2 heterocycles. The molecule has 0 N–H and O–H groups in total. The summed E-state index contributed by atoms with van der Waals surface area (Å²) in [5.74, 6) is 1.33. The maximum Gasteiger partial charge on any atom is 0.290 e. The summed E-state index contributed by atoms with van der Waals surface area (Å²) >= 11 is 0. The fourth-order valence-electron chi connectivity index (χ4n) is 4.37. The summed E-state index contributed by atoms with van der Waals surface area (Å²) in [4.78, 5) is 28.7. The minimum atomic E-state index is -0.530. The Balaban J connectivity index is 1.58. The minimum Gasteiger partial charge on any atom is -0.497 e. The maximum absolute atomic E-state index is 13.5. The number of amides is 1. The Labute approximate surface area is 191 Å². The molecule has 0 fully saturated rings. The van der Waals surface area contributed by atoms with Crippen LogP contribution in [-0.2, 0) is 6.42 Å². The van der Waals surface area contributed by atoms with Gasteiger partial charge >= 0.3 is 0 Å². The molecule has 1 amide bonds. The predicted octanol–water partition coefficient (Wildman–Crippen LogP) is 4.60. The molecule has 6 heteroatoms. The number of ether oxygens (including phenoxy) is 2. The standard InChI is InChI=1S/C27H23NO5/c1-31-19-11-7-17(8-12-19)15-16-28-24(18-9-13-20(32-2)14-10-18)23-25(29)21-5-3-4-6-22(21)33-26(23)27(28)30/h3-14,24H,15-16H2,1-2H3/t24-/m1/s1. The molecular weight excluding hydrogens is 418 g/mol. The van der Waals surface area contributed by atoms with E-state index in [1.165, 1.54) is 0 Å². The van der Waals surface area contributed by atoms with Gasteiger partial charge in [-0.25, -0.2) is 0 Å². The molecule has 33 heavy (non-hydrogen) atoms. The highest BCUT2D eigenvalue weighted by Gasteiger charge is 2.42. The first-order valence-corrected chi connectivity index (χ1v) is 10.7. The molecule has 0 spiro atoms. The fourth-order valence-corrected chi connectivity index (χ4v) is 4.37. The third kappa shape index (κ3) is 3.63. The summed E-state index contributed by atoms with van der Waals surface area (Å²) in [7, 11) is 3.23. The molecule has 1 atom stereocenters. The van der Waals surface area contributed by atoms with E-state index in [1.54, 1.807) is 43.4 Å². The van der Waals surface area contributed by atoms with Gasteiger partial charge in [0.25, 0.3) is 5.91 Å². The molecule has 1 aliphatic rings. The van der Waals surface area contributed by atoms with E-state index in [-0.39, 0.29) is 17.1 Å². The number of benzene rings is 3. The normalized spacial score (nSPS) is 15.0. The maximum atomic E-state index is 13.5. The first-order chi connectivity index (χ1) is 16.1. The molecule has 6 nitrogen and oxygen atoms in total. The van der Waals surface area contributed by atoms with Crippen molar-refractivity contribution in [2.75, 3.05) is 20.8 Å². The Morgan fingerprint density at radius 2 is 1.48 bits per heavy atom. The van der Waals surface area contributed by atoms with E-state index in [0.29, 0.717) is 35.2 Å². The molecule has 0 bridgehead atoms. The Morgan fingerprint density at radius 1 is 0.848 bits per heavy atom. The zero-order valence-electron chi connectivity index (χ0n) is 18.4. The van der Waals surface area contributed by atoms with Gasteiger partial charge in [-0.15, -0.1) is 0 Å². The number of para-hydroxylation sites is 1. The highest BCUT2D eigenvalue weighted by Crippen LogP contribution is 2.38. The van der Waals surface area contributed by atoms with Crippen LogP contribution in [0.4, 0.5) is 0 Å². The van der Waals surface area contributed by atoms with Crippen molar-refractivity contribution in [1.82, 2.24) is 4.90 Å². The third-order valence-corrected chi connectivity index (χ3v) is 6.11. The van der Waals surface area contributed by atoms with Gasteiger partial charge in [0.05, 0.1) is 31.2 Å². The highest BCUT2D eigenvalue weighted by atomic mass is 16.5. The van der Waals surface area contributed by atoms with Crippen molar-refractivity contribution < 1.29 is 18.7 Å². The highest BCUT2D eigenvalue weighted by molar-refractivity contribution is 5.99. The SMILES string of the molecule is COc1ccc(CCN2C(=O)c3oc4ccccc4c(=O)c3[C@H]2c2ccc(OC)cc2)cc1. The summed E-state index contributed by atoms with van der Waals surface area (Å²) in [6.07, 6.45) is 0.629. The number of carbonyl (C=O) groups excluding carboxylic acids is 1. The second kappa shape index (κ2) is 8.47. The third-order valence-electron chi connectivity index (χ3n) is 6.11. The molecule has 166 valence electrons. The number of hydrogen-bond acceptors (Lipinski definition) is 5. The van der Waals surface area contributed by atoms with Crippen LogP contribution >= 0.6 is 0 Å². The van der Waals surface area contributed by atoms with Crippen LogP contribution in [0.2, 0.25) is 0 Å². The van der Waals surface area contributed by atoms with Gasteiger partial charge in [-0.05, 0) is 53.9 Å². The molecule has 0 aliphatic carbocycles. The first-order valence-electron chi connectivity index (χ1n) is 10.7. The number of nitrogens with zero attached hydrogens (tertiary/aromatic N) is 1. The molecule has 0 saturated heterocycles. The first kappa shape index (κ1) is 20.8. The largest absolute Gasteiger partial charge is 0.497 e. The van der Waals surface area contributed by atoms with E-state index in [9.17, 15) is 9.59 Å². The van der Waals surface area contributed by atoms with Gasteiger partial charge in [-0.2, -0.15) is 0 Å². The average Bonchev–Trinajstić information content (AvgIpc) is 3.15. The van der Waals surface area contributed by atoms with E-state index >= 15 is 0 Å². The number of fused-ring (bicyclic) bond motifs is 2. The van der Waals surface area contributed by atoms with Crippen molar-refractivity contribution in [3.63, 3.8) is 0 Å². The summed E-state index contributed by atoms with van der Waals surface area (Å²) in [5, 5.41) is 0.472. The molecule has 0 radical (unpaired) electrons. The van der Waals surface area contributed by atoms with Crippen LogP contribution in [0.3, 0.4) is 0 Å².